The molecule has 2 aromatic heterocycles. The lowest BCUT2D eigenvalue weighted by molar-refractivity contribution is 0.0525. The average molecular weight is 431 g/mol. The van der Waals surface area contributed by atoms with Crippen LogP contribution in [-0.4, -0.2) is 37.4 Å². The van der Waals surface area contributed by atoms with E-state index in [1.165, 1.54) is 0 Å². The maximum absolute atomic E-state index is 12.5. The molecule has 4 rings (SSSR count). The third-order valence-corrected chi connectivity index (χ3v) is 5.29. The van der Waals surface area contributed by atoms with Crippen molar-refractivity contribution < 1.29 is 9.53 Å². The van der Waals surface area contributed by atoms with Crippen LogP contribution in [0, 0.1) is 13.8 Å². The number of nitrogens with one attached hydrogen (secondary N) is 1. The highest BCUT2D eigenvalue weighted by Gasteiger charge is 2.20. The number of ether oxygens (including phenoxy) is 1. The number of para-hydroxylation sites is 1. The standard InChI is InChI=1S/C24H26N6O2/c1-4-32-24(31)21-15-26-29(22-12-8-9-17(2)18(22)3)23(21)16-25-13-19-14-27-30(28-19)20-10-6-5-7-11-20/h5-12,14-15,25H,4,13,16H2,1-3H3. The predicted octanol–water partition coefficient (Wildman–Crippen LogP) is 3.54. The summed E-state index contributed by atoms with van der Waals surface area (Å²) >= 11 is 0. The predicted molar refractivity (Wildman–Crippen MR) is 121 cm³/mol. The number of rotatable bonds is 8. The number of aromatic nitrogens is 5. The van der Waals surface area contributed by atoms with Crippen LogP contribution in [0.4, 0.5) is 0 Å². The zero-order chi connectivity index (χ0) is 22.5. The van der Waals surface area contributed by atoms with Crippen LogP contribution in [0.3, 0.4) is 0 Å². The van der Waals surface area contributed by atoms with Gasteiger partial charge in [-0.2, -0.15) is 20.1 Å². The molecule has 0 aliphatic heterocycles. The first-order valence-electron chi connectivity index (χ1n) is 10.6. The number of carbonyl (C=O) groups is 1. The first-order chi connectivity index (χ1) is 15.6. The van der Waals surface area contributed by atoms with Crippen molar-refractivity contribution in [3.63, 3.8) is 0 Å². The van der Waals surface area contributed by atoms with E-state index < -0.39 is 0 Å². The number of hydrogen-bond acceptors (Lipinski definition) is 6. The Morgan fingerprint density at radius 1 is 1.00 bits per heavy atom. The maximum Gasteiger partial charge on any atom is 0.341 e. The van der Waals surface area contributed by atoms with Crippen LogP contribution in [0.5, 0.6) is 0 Å². The van der Waals surface area contributed by atoms with Gasteiger partial charge in [0.25, 0.3) is 0 Å². The molecule has 1 N–H and O–H groups in total. The monoisotopic (exact) mass is 430 g/mol. The van der Waals surface area contributed by atoms with Crippen LogP contribution in [0.1, 0.15) is 39.8 Å². The van der Waals surface area contributed by atoms with Crippen LogP contribution in [0.2, 0.25) is 0 Å². The van der Waals surface area contributed by atoms with Crippen molar-refractivity contribution in [2.24, 2.45) is 0 Å². The molecule has 4 aromatic rings. The Bertz CT molecular complexity index is 1210. The molecule has 0 fully saturated rings. The van der Waals surface area contributed by atoms with Crippen molar-refractivity contribution in [3.05, 3.63) is 89.0 Å². The first-order valence-corrected chi connectivity index (χ1v) is 10.6. The average Bonchev–Trinajstić information content (AvgIpc) is 3.44. The number of hydrogen-bond donors (Lipinski definition) is 1. The molecule has 0 radical (unpaired) electrons. The van der Waals surface area contributed by atoms with E-state index in [4.69, 9.17) is 4.74 Å². The van der Waals surface area contributed by atoms with Gasteiger partial charge < -0.3 is 10.1 Å². The summed E-state index contributed by atoms with van der Waals surface area (Å²) in [5.41, 5.74) is 6.10. The molecule has 2 aromatic carbocycles. The Balaban J connectivity index is 1.56. The second-order valence-electron chi connectivity index (χ2n) is 7.42. The van der Waals surface area contributed by atoms with E-state index in [9.17, 15) is 4.79 Å². The quantitative estimate of drug-likeness (QED) is 0.430. The molecule has 0 bridgehead atoms. The van der Waals surface area contributed by atoms with Crippen LogP contribution in [0.25, 0.3) is 11.4 Å². The van der Waals surface area contributed by atoms with E-state index in [1.54, 1.807) is 24.1 Å². The molecule has 32 heavy (non-hydrogen) atoms. The number of esters is 1. The van der Waals surface area contributed by atoms with Crippen LogP contribution in [0.15, 0.2) is 60.9 Å². The highest BCUT2D eigenvalue weighted by Crippen LogP contribution is 2.21. The number of benzene rings is 2. The fourth-order valence-electron chi connectivity index (χ4n) is 3.47. The van der Waals surface area contributed by atoms with Crippen molar-refractivity contribution in [2.45, 2.75) is 33.9 Å². The van der Waals surface area contributed by atoms with E-state index in [0.29, 0.717) is 25.3 Å². The zero-order valence-electron chi connectivity index (χ0n) is 18.4. The van der Waals surface area contributed by atoms with Gasteiger partial charge in [0.05, 0.1) is 41.8 Å². The van der Waals surface area contributed by atoms with Crippen LogP contribution < -0.4 is 5.32 Å². The number of carbonyl (C=O) groups excluding carboxylic acids is 1. The molecule has 0 atom stereocenters. The molecule has 0 aliphatic rings. The first kappa shape index (κ1) is 21.5. The van der Waals surface area contributed by atoms with E-state index in [0.717, 1.165) is 33.9 Å². The maximum atomic E-state index is 12.5. The van der Waals surface area contributed by atoms with Gasteiger partial charge in [-0.25, -0.2) is 9.48 Å². The van der Waals surface area contributed by atoms with Crippen molar-refractivity contribution in [2.75, 3.05) is 6.61 Å². The van der Waals surface area contributed by atoms with Crippen molar-refractivity contribution >= 4 is 5.97 Å². The van der Waals surface area contributed by atoms with Gasteiger partial charge in [0.1, 0.15) is 5.56 Å². The SMILES string of the molecule is CCOC(=O)c1cnn(-c2cccc(C)c2C)c1CNCc1cnn(-c2ccccc2)n1. The number of aryl methyl sites for hydroxylation is 1. The Morgan fingerprint density at radius 2 is 1.81 bits per heavy atom. The molecule has 0 spiro atoms. The second-order valence-corrected chi connectivity index (χ2v) is 7.42. The molecule has 0 aliphatic carbocycles. The van der Waals surface area contributed by atoms with Crippen LogP contribution in [-0.2, 0) is 17.8 Å². The van der Waals surface area contributed by atoms with Gasteiger partial charge >= 0.3 is 5.97 Å². The van der Waals surface area contributed by atoms with Crippen molar-refractivity contribution in [1.29, 1.82) is 0 Å². The second kappa shape index (κ2) is 9.57. The zero-order valence-corrected chi connectivity index (χ0v) is 18.4. The van der Waals surface area contributed by atoms with Crippen LogP contribution >= 0.6 is 0 Å². The molecule has 2 heterocycles. The molecular weight excluding hydrogens is 404 g/mol. The topological polar surface area (TPSA) is 86.9 Å². The third-order valence-electron chi connectivity index (χ3n) is 5.29. The lowest BCUT2D eigenvalue weighted by Crippen LogP contribution is -2.19. The van der Waals surface area contributed by atoms with E-state index >= 15 is 0 Å². The largest absolute Gasteiger partial charge is 0.462 e. The summed E-state index contributed by atoms with van der Waals surface area (Å²) in [5, 5.41) is 16.7. The summed E-state index contributed by atoms with van der Waals surface area (Å²) in [6, 6.07) is 15.8. The van der Waals surface area contributed by atoms with Gasteiger partial charge in [0.15, 0.2) is 0 Å². The summed E-state index contributed by atoms with van der Waals surface area (Å²) < 4.78 is 7.05. The summed E-state index contributed by atoms with van der Waals surface area (Å²) in [6.07, 6.45) is 3.30. The summed E-state index contributed by atoms with van der Waals surface area (Å²) in [4.78, 5) is 14.1. The minimum atomic E-state index is -0.379. The molecule has 0 amide bonds. The number of nitrogens with zero attached hydrogens (tertiary/aromatic N) is 5. The van der Waals surface area contributed by atoms with Gasteiger partial charge in [0.2, 0.25) is 0 Å². The molecular formula is C24H26N6O2. The molecule has 0 saturated carbocycles. The fourth-order valence-corrected chi connectivity index (χ4v) is 3.47. The Kier molecular flexibility index (Phi) is 6.42. The fraction of sp³-hybridized carbons (Fsp3) is 0.250. The highest BCUT2D eigenvalue weighted by atomic mass is 16.5. The third kappa shape index (κ3) is 4.45. The van der Waals surface area contributed by atoms with E-state index in [2.05, 4.69) is 40.5 Å². The van der Waals surface area contributed by atoms with Gasteiger partial charge in [-0.1, -0.05) is 30.3 Å². The lowest BCUT2D eigenvalue weighted by Gasteiger charge is -2.13. The van der Waals surface area contributed by atoms with Crippen molar-refractivity contribution in [3.8, 4) is 11.4 Å². The Morgan fingerprint density at radius 3 is 2.59 bits per heavy atom. The van der Waals surface area contributed by atoms with Gasteiger partial charge in [-0.3, -0.25) is 0 Å². The van der Waals surface area contributed by atoms with Gasteiger partial charge in [0, 0.05) is 13.1 Å². The molecule has 8 heteroatoms. The van der Waals surface area contributed by atoms with E-state index in [1.807, 2.05) is 47.1 Å². The summed E-state index contributed by atoms with van der Waals surface area (Å²) in [6.45, 7) is 7.12. The molecule has 0 saturated heterocycles. The van der Waals surface area contributed by atoms with Gasteiger partial charge in [-0.15, -0.1) is 0 Å². The van der Waals surface area contributed by atoms with E-state index in [-0.39, 0.29) is 5.97 Å². The smallest absolute Gasteiger partial charge is 0.341 e. The molecule has 8 nitrogen and oxygen atoms in total. The molecule has 0 unspecified atom stereocenters. The normalized spacial score (nSPS) is 11.0. The summed E-state index contributed by atoms with van der Waals surface area (Å²) in [5.74, 6) is -0.379. The Labute approximate surface area is 186 Å². The molecule has 164 valence electrons. The Hall–Kier alpha value is -3.78. The lowest BCUT2D eigenvalue weighted by atomic mass is 10.1. The minimum Gasteiger partial charge on any atom is -0.462 e. The van der Waals surface area contributed by atoms with Gasteiger partial charge in [-0.05, 0) is 50.1 Å². The summed E-state index contributed by atoms with van der Waals surface area (Å²) in [7, 11) is 0. The highest BCUT2D eigenvalue weighted by molar-refractivity contribution is 5.90. The van der Waals surface area contributed by atoms with Crippen molar-refractivity contribution in [1.82, 2.24) is 30.1 Å². The minimum absolute atomic E-state index is 0.308.